The van der Waals surface area contributed by atoms with Crippen LogP contribution in [-0.2, 0) is 6.54 Å². The van der Waals surface area contributed by atoms with Crippen molar-refractivity contribution < 1.29 is 9.53 Å². The van der Waals surface area contributed by atoms with Gasteiger partial charge in [0.25, 0.3) is 0 Å². The fourth-order valence-electron chi connectivity index (χ4n) is 3.48. The zero-order valence-corrected chi connectivity index (χ0v) is 15.8. The van der Waals surface area contributed by atoms with E-state index < -0.39 is 0 Å². The molecule has 6 nitrogen and oxygen atoms in total. The van der Waals surface area contributed by atoms with Gasteiger partial charge < -0.3 is 9.64 Å². The number of amides is 2. The Hall–Kier alpha value is -2.50. The van der Waals surface area contributed by atoms with Crippen LogP contribution in [0.2, 0.25) is 0 Å². The zero-order valence-electron chi connectivity index (χ0n) is 15.8. The van der Waals surface area contributed by atoms with Gasteiger partial charge in [0.15, 0.2) is 0 Å². The van der Waals surface area contributed by atoms with Crippen molar-refractivity contribution in [1.29, 1.82) is 0 Å². The SMILES string of the molecule is COc1cccc(C2CCCCN2C(=O)Nc2ccnn2CC(C)C)c1. The van der Waals surface area contributed by atoms with Crippen LogP contribution >= 0.6 is 0 Å². The average Bonchev–Trinajstić information content (AvgIpc) is 3.07. The van der Waals surface area contributed by atoms with Crippen molar-refractivity contribution >= 4 is 11.8 Å². The fraction of sp³-hybridized carbons (Fsp3) is 0.500. The molecule has 26 heavy (non-hydrogen) atoms. The Labute approximate surface area is 155 Å². The first-order valence-electron chi connectivity index (χ1n) is 9.32. The lowest BCUT2D eigenvalue weighted by molar-refractivity contribution is 0.163. The Kier molecular flexibility index (Phi) is 5.81. The Balaban J connectivity index is 1.77. The van der Waals surface area contributed by atoms with Crippen LogP contribution in [0, 0.1) is 5.92 Å². The molecule has 1 aliphatic heterocycles. The Morgan fingerprint density at radius 2 is 2.19 bits per heavy atom. The number of carbonyl (C=O) groups is 1. The molecule has 1 aromatic heterocycles. The normalized spacial score (nSPS) is 17.4. The van der Waals surface area contributed by atoms with Gasteiger partial charge in [-0.1, -0.05) is 26.0 Å². The molecule has 1 atom stereocenters. The van der Waals surface area contributed by atoms with Gasteiger partial charge in [-0.2, -0.15) is 5.10 Å². The quantitative estimate of drug-likeness (QED) is 0.868. The summed E-state index contributed by atoms with van der Waals surface area (Å²) in [6.07, 6.45) is 4.84. The molecular formula is C20H28N4O2. The van der Waals surface area contributed by atoms with Gasteiger partial charge in [0, 0.05) is 19.2 Å². The third kappa shape index (κ3) is 4.18. The summed E-state index contributed by atoms with van der Waals surface area (Å²) in [5.74, 6) is 2.03. The molecule has 0 aliphatic carbocycles. The summed E-state index contributed by atoms with van der Waals surface area (Å²) in [7, 11) is 1.67. The fourth-order valence-corrected chi connectivity index (χ4v) is 3.48. The van der Waals surface area contributed by atoms with Gasteiger partial charge in [-0.05, 0) is 42.9 Å². The maximum Gasteiger partial charge on any atom is 0.323 e. The summed E-state index contributed by atoms with van der Waals surface area (Å²) < 4.78 is 7.20. The van der Waals surface area contributed by atoms with Gasteiger partial charge >= 0.3 is 6.03 Å². The molecule has 140 valence electrons. The summed E-state index contributed by atoms with van der Waals surface area (Å²) in [5, 5.41) is 7.37. The van der Waals surface area contributed by atoms with E-state index in [4.69, 9.17) is 4.74 Å². The first-order valence-corrected chi connectivity index (χ1v) is 9.32. The highest BCUT2D eigenvalue weighted by atomic mass is 16.5. The minimum Gasteiger partial charge on any atom is -0.497 e. The third-order valence-corrected chi connectivity index (χ3v) is 4.73. The van der Waals surface area contributed by atoms with E-state index in [0.29, 0.717) is 5.92 Å². The maximum absolute atomic E-state index is 13.0. The molecule has 0 spiro atoms. The molecule has 2 aromatic rings. The summed E-state index contributed by atoms with van der Waals surface area (Å²) in [4.78, 5) is 14.9. The number of nitrogens with zero attached hydrogens (tertiary/aromatic N) is 3. The number of rotatable bonds is 5. The number of nitrogens with one attached hydrogen (secondary N) is 1. The number of urea groups is 1. The van der Waals surface area contributed by atoms with Crippen LogP contribution in [0.15, 0.2) is 36.5 Å². The molecule has 1 saturated heterocycles. The van der Waals surface area contributed by atoms with Crippen molar-refractivity contribution in [3.05, 3.63) is 42.1 Å². The Bertz CT molecular complexity index is 741. The minimum absolute atomic E-state index is 0.0666. The number of likely N-dealkylation sites (tertiary alicyclic amines) is 1. The van der Waals surface area contributed by atoms with Crippen LogP contribution < -0.4 is 10.1 Å². The van der Waals surface area contributed by atoms with Crippen LogP contribution in [0.3, 0.4) is 0 Å². The average molecular weight is 356 g/mol. The smallest absolute Gasteiger partial charge is 0.323 e. The van der Waals surface area contributed by atoms with Crippen LogP contribution in [0.4, 0.5) is 10.6 Å². The summed E-state index contributed by atoms with van der Waals surface area (Å²) in [6.45, 7) is 5.81. The number of hydrogen-bond donors (Lipinski definition) is 1. The van der Waals surface area contributed by atoms with Crippen molar-refractivity contribution in [1.82, 2.24) is 14.7 Å². The molecule has 2 heterocycles. The monoisotopic (exact) mass is 356 g/mol. The third-order valence-electron chi connectivity index (χ3n) is 4.73. The number of carbonyl (C=O) groups excluding carboxylic acids is 1. The van der Waals surface area contributed by atoms with Gasteiger partial charge in [0.2, 0.25) is 0 Å². The van der Waals surface area contributed by atoms with E-state index in [-0.39, 0.29) is 12.1 Å². The van der Waals surface area contributed by atoms with E-state index in [2.05, 4.69) is 30.3 Å². The van der Waals surface area contributed by atoms with Crippen LogP contribution in [0.25, 0.3) is 0 Å². The Morgan fingerprint density at radius 3 is 2.96 bits per heavy atom. The highest BCUT2D eigenvalue weighted by molar-refractivity contribution is 5.88. The largest absolute Gasteiger partial charge is 0.497 e. The van der Waals surface area contributed by atoms with E-state index >= 15 is 0 Å². The lowest BCUT2D eigenvalue weighted by atomic mass is 9.95. The van der Waals surface area contributed by atoms with Gasteiger partial charge in [-0.25, -0.2) is 9.48 Å². The molecule has 6 heteroatoms. The number of anilines is 1. The van der Waals surface area contributed by atoms with E-state index in [1.54, 1.807) is 13.3 Å². The zero-order chi connectivity index (χ0) is 18.5. The van der Waals surface area contributed by atoms with E-state index in [9.17, 15) is 4.79 Å². The van der Waals surface area contributed by atoms with E-state index in [1.807, 2.05) is 33.8 Å². The molecule has 0 radical (unpaired) electrons. The van der Waals surface area contributed by atoms with Crippen molar-refractivity contribution in [2.24, 2.45) is 5.92 Å². The minimum atomic E-state index is -0.0666. The first-order chi connectivity index (χ1) is 12.6. The van der Waals surface area contributed by atoms with E-state index in [1.165, 1.54) is 0 Å². The topological polar surface area (TPSA) is 59.4 Å². The molecule has 1 aliphatic rings. The Morgan fingerprint density at radius 1 is 1.35 bits per heavy atom. The molecule has 1 fully saturated rings. The molecule has 0 bridgehead atoms. The summed E-state index contributed by atoms with van der Waals surface area (Å²) in [5.41, 5.74) is 1.12. The van der Waals surface area contributed by atoms with Gasteiger partial charge in [-0.15, -0.1) is 0 Å². The lowest BCUT2D eigenvalue weighted by Gasteiger charge is -2.36. The van der Waals surface area contributed by atoms with Crippen molar-refractivity contribution in [2.45, 2.75) is 45.7 Å². The second-order valence-corrected chi connectivity index (χ2v) is 7.20. The molecular weight excluding hydrogens is 328 g/mol. The van der Waals surface area contributed by atoms with Crippen molar-refractivity contribution in [3.63, 3.8) is 0 Å². The molecule has 1 aromatic carbocycles. The van der Waals surface area contributed by atoms with Gasteiger partial charge in [0.1, 0.15) is 11.6 Å². The van der Waals surface area contributed by atoms with Crippen LogP contribution in [0.5, 0.6) is 5.75 Å². The summed E-state index contributed by atoms with van der Waals surface area (Å²) in [6, 6.07) is 9.87. The molecule has 0 saturated carbocycles. The highest BCUT2D eigenvalue weighted by Gasteiger charge is 2.28. The first kappa shape index (κ1) is 18.3. The molecule has 2 amide bonds. The van der Waals surface area contributed by atoms with Crippen molar-refractivity contribution in [2.75, 3.05) is 19.0 Å². The van der Waals surface area contributed by atoms with Crippen LogP contribution in [0.1, 0.15) is 44.7 Å². The van der Waals surface area contributed by atoms with Crippen LogP contribution in [-0.4, -0.2) is 34.4 Å². The standard InChI is InChI=1S/C20H28N4O2/c1-15(2)14-24-19(10-11-21-24)22-20(25)23-12-5-4-9-18(23)16-7-6-8-17(13-16)26-3/h6-8,10-11,13,15,18H,4-5,9,12,14H2,1-3H3,(H,22,25). The highest BCUT2D eigenvalue weighted by Crippen LogP contribution is 2.33. The molecule has 1 unspecified atom stereocenters. The van der Waals surface area contributed by atoms with E-state index in [0.717, 1.165) is 49.5 Å². The van der Waals surface area contributed by atoms with Gasteiger partial charge in [-0.3, -0.25) is 5.32 Å². The molecule has 3 rings (SSSR count). The number of benzene rings is 1. The number of hydrogen-bond acceptors (Lipinski definition) is 3. The second-order valence-electron chi connectivity index (χ2n) is 7.20. The number of piperidine rings is 1. The lowest BCUT2D eigenvalue weighted by Crippen LogP contribution is -2.41. The van der Waals surface area contributed by atoms with Gasteiger partial charge in [0.05, 0.1) is 19.3 Å². The predicted octanol–water partition coefficient (Wildman–Crippen LogP) is 4.31. The summed E-state index contributed by atoms with van der Waals surface area (Å²) >= 11 is 0. The predicted molar refractivity (Wildman–Crippen MR) is 102 cm³/mol. The second kappa shape index (κ2) is 8.25. The maximum atomic E-state index is 13.0. The number of aromatic nitrogens is 2. The van der Waals surface area contributed by atoms with Crippen molar-refractivity contribution in [3.8, 4) is 5.75 Å². The number of methoxy groups -OCH3 is 1. The number of ether oxygens (including phenoxy) is 1. The molecule has 1 N–H and O–H groups in total.